The van der Waals surface area contributed by atoms with Gasteiger partial charge in [0.25, 0.3) is 0 Å². The molecule has 0 heteroatoms. The van der Waals surface area contributed by atoms with Gasteiger partial charge in [0.05, 0.1) is 0 Å². The topological polar surface area (TPSA) is 0 Å². The second kappa shape index (κ2) is 14.1. The molecule has 0 fully saturated rings. The smallest absolute Gasteiger partial charge is 0.0433 e. The summed E-state index contributed by atoms with van der Waals surface area (Å²) in [6, 6.07) is 99.3. The minimum atomic E-state index is -0.481. The molecule has 2 atom stereocenters. The van der Waals surface area contributed by atoms with Crippen LogP contribution in [0.2, 0.25) is 0 Å². The molecular weight excluding hydrogens is 865 g/mol. The van der Waals surface area contributed by atoms with Crippen LogP contribution in [0.15, 0.2) is 255 Å². The lowest BCUT2D eigenvalue weighted by atomic mass is 9.55. The van der Waals surface area contributed by atoms with E-state index in [1.54, 1.807) is 0 Å². The van der Waals surface area contributed by atoms with Gasteiger partial charge in [0.1, 0.15) is 0 Å². The van der Waals surface area contributed by atoms with Crippen molar-refractivity contribution in [2.45, 2.75) is 34.5 Å². The summed E-state index contributed by atoms with van der Waals surface area (Å²) in [5, 5.41) is 0. The summed E-state index contributed by atoms with van der Waals surface area (Å²) in [6.07, 6.45) is 0. The van der Waals surface area contributed by atoms with Gasteiger partial charge in [-0.25, -0.2) is 0 Å². The molecule has 0 aromatic heterocycles. The van der Waals surface area contributed by atoms with Crippen LogP contribution in [-0.4, -0.2) is 0 Å². The first-order chi connectivity index (χ1) is 35.8. The minimum absolute atomic E-state index is 0.00435. The molecule has 0 saturated heterocycles. The Morgan fingerprint density at radius 3 is 0.597 bits per heavy atom. The van der Waals surface area contributed by atoms with E-state index in [4.69, 9.17) is 0 Å². The molecule has 11 aromatic rings. The molecule has 17 rings (SSSR count). The second-order valence-corrected chi connectivity index (χ2v) is 21.2. The Morgan fingerprint density at radius 1 is 0.167 bits per heavy atom. The van der Waals surface area contributed by atoms with Gasteiger partial charge in [0, 0.05) is 34.5 Å². The monoisotopic (exact) mass is 910 g/mol. The molecule has 0 saturated carbocycles. The molecule has 6 aliphatic rings. The van der Waals surface area contributed by atoms with Gasteiger partial charge in [-0.2, -0.15) is 0 Å². The van der Waals surface area contributed by atoms with Gasteiger partial charge >= 0.3 is 0 Å². The van der Waals surface area contributed by atoms with Crippen LogP contribution >= 0.6 is 0 Å². The fraction of sp³-hybridized carbons (Fsp3) is 0.0833. The first-order valence-electron chi connectivity index (χ1n) is 25.9. The van der Waals surface area contributed by atoms with E-state index in [9.17, 15) is 0 Å². The SMILES string of the molecule is c1ccc2c(c1)-c1ccccc1C2C1(C2c3ccccc3-c3cc4c(cc32)-c2ccccc2C4C2(C3c4ccccc4-c4ccccc43)c3ccccc3-c3ccccc32)c2ccccc2-c2ccccc21. The molecule has 334 valence electrons. The molecule has 0 heterocycles. The summed E-state index contributed by atoms with van der Waals surface area (Å²) in [4.78, 5) is 0. The summed E-state index contributed by atoms with van der Waals surface area (Å²) in [5.41, 5.74) is 32.4. The molecule has 0 N–H and O–H groups in total. The van der Waals surface area contributed by atoms with Crippen molar-refractivity contribution in [2.24, 2.45) is 0 Å². The third-order valence-electron chi connectivity index (χ3n) is 18.5. The molecule has 0 radical (unpaired) electrons. The Hall–Kier alpha value is -8.58. The van der Waals surface area contributed by atoms with Crippen molar-refractivity contribution in [3.63, 3.8) is 0 Å². The summed E-state index contributed by atoms with van der Waals surface area (Å²) in [5.74, 6) is 0.128. The summed E-state index contributed by atoms with van der Waals surface area (Å²) >= 11 is 0. The number of benzene rings is 11. The molecule has 0 amide bonds. The lowest BCUT2D eigenvalue weighted by Gasteiger charge is -2.45. The van der Waals surface area contributed by atoms with Crippen molar-refractivity contribution in [3.05, 3.63) is 322 Å². The third kappa shape index (κ3) is 4.57. The van der Waals surface area contributed by atoms with Crippen molar-refractivity contribution in [3.8, 4) is 66.8 Å². The van der Waals surface area contributed by atoms with Crippen molar-refractivity contribution >= 4 is 0 Å². The number of fused-ring (bicyclic) bond motifs is 18. The van der Waals surface area contributed by atoms with Crippen LogP contribution in [0, 0.1) is 0 Å². The standard InChI is InChI=1S/C72H46/c1-7-31-53-43(21-1)44-22-2-8-32-54(44)67(53)71(63-37-17-13-27-49(63)50-28-14-18-38-64(50)71)69-57-35-11-5-25-47(57)59-42-62-60(41-61(59)69)48-26-6-12-36-58(48)70(62)72(65-39-19-15-29-51(65)52-30-16-20-40-66(52)72)68-55-33-9-3-23-45(55)46-24-4-10-34-56(46)68/h1-42,67-70H. The fourth-order valence-electron chi connectivity index (χ4n) is 16.4. The summed E-state index contributed by atoms with van der Waals surface area (Å²) < 4.78 is 0. The normalized spacial score (nSPS) is 17.8. The quantitative estimate of drug-likeness (QED) is 0.165. The van der Waals surface area contributed by atoms with Crippen LogP contribution in [0.25, 0.3) is 66.8 Å². The van der Waals surface area contributed by atoms with Crippen molar-refractivity contribution in [2.75, 3.05) is 0 Å². The molecule has 11 aromatic carbocycles. The van der Waals surface area contributed by atoms with E-state index >= 15 is 0 Å². The van der Waals surface area contributed by atoms with Gasteiger partial charge in [-0.3, -0.25) is 0 Å². The lowest BCUT2D eigenvalue weighted by molar-refractivity contribution is 0.418. The molecule has 0 aliphatic heterocycles. The van der Waals surface area contributed by atoms with Gasteiger partial charge in [-0.05, 0) is 146 Å². The van der Waals surface area contributed by atoms with Gasteiger partial charge < -0.3 is 0 Å². The van der Waals surface area contributed by atoms with E-state index in [-0.39, 0.29) is 23.7 Å². The molecule has 0 bridgehead atoms. The zero-order chi connectivity index (χ0) is 46.9. The minimum Gasteiger partial charge on any atom is -0.0619 e. The van der Waals surface area contributed by atoms with Crippen molar-refractivity contribution < 1.29 is 0 Å². The highest BCUT2D eigenvalue weighted by Gasteiger charge is 2.62. The molecular formula is C72H46. The van der Waals surface area contributed by atoms with E-state index in [0.29, 0.717) is 0 Å². The molecule has 2 unspecified atom stereocenters. The van der Waals surface area contributed by atoms with Crippen LogP contribution in [0.1, 0.15) is 90.4 Å². The molecule has 0 spiro atoms. The van der Waals surface area contributed by atoms with Crippen LogP contribution < -0.4 is 0 Å². The Balaban J connectivity index is 0.997. The van der Waals surface area contributed by atoms with E-state index in [1.165, 1.54) is 134 Å². The van der Waals surface area contributed by atoms with Gasteiger partial charge in [-0.15, -0.1) is 0 Å². The maximum atomic E-state index is 2.71. The highest BCUT2D eigenvalue weighted by molar-refractivity contribution is 5.96. The lowest BCUT2D eigenvalue weighted by Crippen LogP contribution is -2.40. The Kier molecular flexibility index (Phi) is 7.65. The highest BCUT2D eigenvalue weighted by Crippen LogP contribution is 2.73. The van der Waals surface area contributed by atoms with E-state index in [1.807, 2.05) is 0 Å². The first kappa shape index (κ1) is 39.2. The second-order valence-electron chi connectivity index (χ2n) is 21.2. The van der Waals surface area contributed by atoms with E-state index in [2.05, 4.69) is 255 Å². The maximum Gasteiger partial charge on any atom is 0.0433 e. The Bertz CT molecular complexity index is 3710. The zero-order valence-electron chi connectivity index (χ0n) is 39.6. The molecule has 72 heavy (non-hydrogen) atoms. The van der Waals surface area contributed by atoms with Crippen molar-refractivity contribution in [1.82, 2.24) is 0 Å². The van der Waals surface area contributed by atoms with Crippen LogP contribution in [-0.2, 0) is 10.8 Å². The number of hydrogen-bond acceptors (Lipinski definition) is 0. The predicted octanol–water partition coefficient (Wildman–Crippen LogP) is 17.5. The average molecular weight is 911 g/mol. The number of hydrogen-bond donors (Lipinski definition) is 0. The first-order valence-corrected chi connectivity index (χ1v) is 25.9. The Labute approximate surface area is 420 Å². The Morgan fingerprint density at radius 2 is 0.347 bits per heavy atom. The van der Waals surface area contributed by atoms with E-state index < -0.39 is 10.8 Å². The summed E-state index contributed by atoms with van der Waals surface area (Å²) in [7, 11) is 0. The van der Waals surface area contributed by atoms with Crippen LogP contribution in [0.3, 0.4) is 0 Å². The maximum absolute atomic E-state index is 2.71. The van der Waals surface area contributed by atoms with Crippen LogP contribution in [0.5, 0.6) is 0 Å². The molecule has 6 aliphatic carbocycles. The third-order valence-corrected chi connectivity index (χ3v) is 18.5. The largest absolute Gasteiger partial charge is 0.0619 e. The predicted molar refractivity (Wildman–Crippen MR) is 294 cm³/mol. The highest BCUT2D eigenvalue weighted by atomic mass is 14.6. The fourth-order valence-corrected chi connectivity index (χ4v) is 16.4. The van der Waals surface area contributed by atoms with Crippen LogP contribution in [0.4, 0.5) is 0 Å². The summed E-state index contributed by atoms with van der Waals surface area (Å²) in [6.45, 7) is 0. The zero-order valence-corrected chi connectivity index (χ0v) is 39.6. The number of rotatable bonds is 4. The van der Waals surface area contributed by atoms with Gasteiger partial charge in [0.2, 0.25) is 0 Å². The average Bonchev–Trinajstić information content (AvgIpc) is 4.27. The van der Waals surface area contributed by atoms with E-state index in [0.717, 1.165) is 0 Å². The van der Waals surface area contributed by atoms with Gasteiger partial charge in [-0.1, -0.05) is 243 Å². The van der Waals surface area contributed by atoms with Crippen molar-refractivity contribution in [1.29, 1.82) is 0 Å². The molecule has 0 nitrogen and oxygen atoms in total. The van der Waals surface area contributed by atoms with Gasteiger partial charge in [0.15, 0.2) is 0 Å².